The quantitative estimate of drug-likeness (QED) is 0.485. The number of fused-ring (bicyclic) bond motifs is 1. The van der Waals surface area contributed by atoms with E-state index in [2.05, 4.69) is 0 Å². The molecule has 2 rings (SSSR count). The molecule has 0 aromatic heterocycles. The summed E-state index contributed by atoms with van der Waals surface area (Å²) in [6.07, 6.45) is 0.858. The number of carbonyl (C=O) groups excluding carboxylic acids is 1. The van der Waals surface area contributed by atoms with Crippen molar-refractivity contribution in [2.45, 2.75) is 32.0 Å². The van der Waals surface area contributed by atoms with Crippen molar-refractivity contribution in [1.29, 1.82) is 0 Å². The molecule has 3 heteroatoms. The van der Waals surface area contributed by atoms with Gasteiger partial charge >= 0.3 is 5.97 Å². The lowest BCUT2D eigenvalue weighted by molar-refractivity contribution is -0.144. The topological polar surface area (TPSA) is 35.5 Å². The third-order valence-electron chi connectivity index (χ3n) is 2.90. The zero-order chi connectivity index (χ0) is 8.06. The lowest BCUT2D eigenvalue weighted by Gasteiger charge is -2.22. The van der Waals surface area contributed by atoms with Gasteiger partial charge in [-0.3, -0.25) is 4.79 Å². The predicted octanol–water partition coefficient (Wildman–Crippen LogP) is 0.727. The van der Waals surface area contributed by atoms with E-state index in [1.165, 1.54) is 0 Å². The Hall–Kier alpha value is -0.570. The first-order chi connectivity index (χ1) is 5.14. The van der Waals surface area contributed by atoms with Crippen LogP contribution in [-0.2, 0) is 14.3 Å². The van der Waals surface area contributed by atoms with Crippen molar-refractivity contribution in [3.63, 3.8) is 0 Å². The highest BCUT2D eigenvalue weighted by Crippen LogP contribution is 2.41. The average molecular weight is 156 g/mol. The van der Waals surface area contributed by atoms with Crippen LogP contribution in [0.4, 0.5) is 0 Å². The molecule has 2 fully saturated rings. The van der Waals surface area contributed by atoms with Crippen LogP contribution in [-0.4, -0.2) is 24.3 Å². The zero-order valence-corrected chi connectivity index (χ0v) is 6.79. The summed E-state index contributed by atoms with van der Waals surface area (Å²) >= 11 is 0. The van der Waals surface area contributed by atoms with Gasteiger partial charge in [-0.25, -0.2) is 0 Å². The minimum atomic E-state index is -0.336. The molecule has 0 bridgehead atoms. The van der Waals surface area contributed by atoms with Gasteiger partial charge in [0.1, 0.15) is 11.7 Å². The molecule has 11 heavy (non-hydrogen) atoms. The molecule has 3 nitrogen and oxygen atoms in total. The summed E-state index contributed by atoms with van der Waals surface area (Å²) in [7, 11) is 0. The number of hydrogen-bond donors (Lipinski definition) is 0. The normalized spacial score (nSPS) is 49.1. The fraction of sp³-hybridized carbons (Fsp3) is 0.875. The van der Waals surface area contributed by atoms with Crippen LogP contribution in [0, 0.1) is 5.92 Å². The van der Waals surface area contributed by atoms with E-state index in [-0.39, 0.29) is 23.6 Å². The molecule has 2 aliphatic rings. The summed E-state index contributed by atoms with van der Waals surface area (Å²) in [4.78, 5) is 11.1. The van der Waals surface area contributed by atoms with Gasteiger partial charge in [0.25, 0.3) is 0 Å². The molecule has 2 saturated heterocycles. The first kappa shape index (κ1) is 7.10. The van der Waals surface area contributed by atoms with Crippen molar-refractivity contribution in [1.82, 2.24) is 0 Å². The standard InChI is InChI=1S/C8H12O3/c1-5-7(9)11-6-3-4-10-8(5,6)2/h5-6H,3-4H2,1-2H3. The molecular weight excluding hydrogens is 144 g/mol. The summed E-state index contributed by atoms with van der Waals surface area (Å²) in [5.74, 6) is -0.216. The van der Waals surface area contributed by atoms with Gasteiger partial charge in [0.15, 0.2) is 0 Å². The van der Waals surface area contributed by atoms with Crippen LogP contribution < -0.4 is 0 Å². The molecule has 0 amide bonds. The summed E-state index contributed by atoms with van der Waals surface area (Å²) in [6, 6.07) is 0. The fourth-order valence-electron chi connectivity index (χ4n) is 1.82. The number of hydrogen-bond acceptors (Lipinski definition) is 3. The SMILES string of the molecule is CC1C(=O)OC2CCOC21C. The van der Waals surface area contributed by atoms with E-state index in [1.54, 1.807) is 0 Å². The Kier molecular flexibility index (Phi) is 1.27. The van der Waals surface area contributed by atoms with Gasteiger partial charge in [-0.2, -0.15) is 0 Å². The Balaban J connectivity index is 2.30. The van der Waals surface area contributed by atoms with E-state index in [1.807, 2.05) is 13.8 Å². The molecule has 0 aromatic rings. The highest BCUT2D eigenvalue weighted by Gasteiger charge is 2.55. The van der Waals surface area contributed by atoms with Crippen LogP contribution in [0.2, 0.25) is 0 Å². The van der Waals surface area contributed by atoms with Crippen molar-refractivity contribution in [3.8, 4) is 0 Å². The monoisotopic (exact) mass is 156 g/mol. The largest absolute Gasteiger partial charge is 0.459 e. The van der Waals surface area contributed by atoms with Gasteiger partial charge in [-0.1, -0.05) is 0 Å². The minimum Gasteiger partial charge on any atom is -0.459 e. The van der Waals surface area contributed by atoms with E-state index < -0.39 is 0 Å². The summed E-state index contributed by atoms with van der Waals surface area (Å²) in [5.41, 5.74) is -0.336. The Labute approximate surface area is 65.7 Å². The van der Waals surface area contributed by atoms with Crippen LogP contribution in [0.25, 0.3) is 0 Å². The molecule has 2 aliphatic heterocycles. The number of esters is 1. The van der Waals surface area contributed by atoms with E-state index in [0.29, 0.717) is 0 Å². The van der Waals surface area contributed by atoms with E-state index >= 15 is 0 Å². The maximum atomic E-state index is 11.1. The molecule has 0 aromatic carbocycles. The van der Waals surface area contributed by atoms with Gasteiger partial charge in [0.2, 0.25) is 0 Å². The van der Waals surface area contributed by atoms with E-state index in [0.717, 1.165) is 13.0 Å². The second-order valence-electron chi connectivity index (χ2n) is 3.47. The predicted molar refractivity (Wildman–Crippen MR) is 38.0 cm³/mol. The second-order valence-corrected chi connectivity index (χ2v) is 3.47. The maximum absolute atomic E-state index is 11.1. The molecule has 2 heterocycles. The number of rotatable bonds is 0. The molecule has 0 spiro atoms. The van der Waals surface area contributed by atoms with Crippen molar-refractivity contribution in [2.24, 2.45) is 5.92 Å². The first-order valence-corrected chi connectivity index (χ1v) is 3.99. The Morgan fingerprint density at radius 3 is 3.00 bits per heavy atom. The van der Waals surface area contributed by atoms with Crippen LogP contribution in [0.15, 0.2) is 0 Å². The molecule has 0 saturated carbocycles. The smallest absolute Gasteiger partial charge is 0.312 e. The van der Waals surface area contributed by atoms with E-state index in [4.69, 9.17) is 9.47 Å². The van der Waals surface area contributed by atoms with Crippen molar-refractivity contribution in [2.75, 3.05) is 6.61 Å². The third-order valence-corrected chi connectivity index (χ3v) is 2.90. The Morgan fingerprint density at radius 1 is 1.64 bits per heavy atom. The first-order valence-electron chi connectivity index (χ1n) is 3.99. The Bertz CT molecular complexity index is 202. The van der Waals surface area contributed by atoms with Gasteiger partial charge in [-0.15, -0.1) is 0 Å². The van der Waals surface area contributed by atoms with Gasteiger partial charge in [-0.05, 0) is 13.8 Å². The van der Waals surface area contributed by atoms with Gasteiger partial charge in [0, 0.05) is 6.42 Å². The van der Waals surface area contributed by atoms with Gasteiger partial charge in [0.05, 0.1) is 12.5 Å². The molecule has 3 atom stereocenters. The maximum Gasteiger partial charge on any atom is 0.312 e. The van der Waals surface area contributed by atoms with Gasteiger partial charge < -0.3 is 9.47 Å². The van der Waals surface area contributed by atoms with Crippen LogP contribution in [0.5, 0.6) is 0 Å². The minimum absolute atomic E-state index is 0.00463. The highest BCUT2D eigenvalue weighted by molar-refractivity contribution is 5.76. The van der Waals surface area contributed by atoms with Crippen molar-refractivity contribution < 1.29 is 14.3 Å². The number of ether oxygens (including phenoxy) is 2. The van der Waals surface area contributed by atoms with E-state index in [9.17, 15) is 4.79 Å². The lowest BCUT2D eigenvalue weighted by atomic mass is 9.89. The van der Waals surface area contributed by atoms with Crippen molar-refractivity contribution >= 4 is 5.97 Å². The summed E-state index contributed by atoms with van der Waals surface area (Å²) in [6.45, 7) is 4.55. The highest BCUT2D eigenvalue weighted by atomic mass is 16.6. The molecule has 0 radical (unpaired) electrons. The molecular formula is C8H12O3. The second kappa shape index (κ2) is 1.97. The molecule has 0 N–H and O–H groups in total. The Morgan fingerprint density at radius 2 is 2.36 bits per heavy atom. The summed E-state index contributed by atoms with van der Waals surface area (Å²) < 4.78 is 10.6. The lowest BCUT2D eigenvalue weighted by Crippen LogP contribution is -2.36. The third kappa shape index (κ3) is 0.745. The fourth-order valence-corrected chi connectivity index (χ4v) is 1.82. The van der Waals surface area contributed by atoms with Crippen LogP contribution >= 0.6 is 0 Å². The zero-order valence-electron chi connectivity index (χ0n) is 6.79. The van der Waals surface area contributed by atoms with Crippen molar-refractivity contribution in [3.05, 3.63) is 0 Å². The summed E-state index contributed by atoms with van der Waals surface area (Å²) in [5, 5.41) is 0. The molecule has 62 valence electrons. The van der Waals surface area contributed by atoms with Crippen LogP contribution in [0.3, 0.4) is 0 Å². The average Bonchev–Trinajstić information content (AvgIpc) is 2.39. The van der Waals surface area contributed by atoms with Crippen LogP contribution in [0.1, 0.15) is 20.3 Å². The molecule has 0 aliphatic carbocycles. The number of carbonyl (C=O) groups is 1. The molecule has 3 unspecified atom stereocenters.